The van der Waals surface area contributed by atoms with Crippen LogP contribution >= 0.6 is 0 Å². The van der Waals surface area contributed by atoms with Gasteiger partial charge >= 0.3 is 6.18 Å². The summed E-state index contributed by atoms with van der Waals surface area (Å²) in [7, 11) is 0. The predicted molar refractivity (Wildman–Crippen MR) is 57.7 cm³/mol. The molecule has 1 atom stereocenters. The van der Waals surface area contributed by atoms with Crippen LogP contribution in [-0.2, 0) is 0 Å². The van der Waals surface area contributed by atoms with E-state index in [9.17, 15) is 18.3 Å². The lowest BCUT2D eigenvalue weighted by Crippen LogP contribution is -2.54. The molecule has 0 aromatic rings. The minimum absolute atomic E-state index is 0.205. The molecule has 2 fully saturated rings. The standard InChI is InChI=1S/C11H19F3N2O/c12-11(13,14)10(17)3-6-16(7-4-10)8-9-2-1-5-15-9/h9,15,17H,1-8H2. The lowest BCUT2D eigenvalue weighted by Gasteiger charge is -2.39. The minimum atomic E-state index is -4.50. The van der Waals surface area contributed by atoms with Gasteiger partial charge in [-0.15, -0.1) is 0 Å². The molecule has 0 amide bonds. The normalized spacial score (nSPS) is 30.7. The summed E-state index contributed by atoms with van der Waals surface area (Å²) in [6, 6.07) is 0.409. The summed E-state index contributed by atoms with van der Waals surface area (Å²) in [5.41, 5.74) is -2.47. The Hall–Kier alpha value is -0.330. The van der Waals surface area contributed by atoms with Gasteiger partial charge in [-0.2, -0.15) is 13.2 Å². The largest absolute Gasteiger partial charge is 0.417 e. The van der Waals surface area contributed by atoms with Gasteiger partial charge in [-0.25, -0.2) is 0 Å². The molecular weight excluding hydrogens is 233 g/mol. The van der Waals surface area contributed by atoms with Gasteiger partial charge in [0.25, 0.3) is 0 Å². The van der Waals surface area contributed by atoms with Gasteiger partial charge in [-0.1, -0.05) is 0 Å². The summed E-state index contributed by atoms with van der Waals surface area (Å²) >= 11 is 0. The van der Waals surface area contributed by atoms with E-state index in [1.165, 1.54) is 0 Å². The van der Waals surface area contributed by atoms with Gasteiger partial charge in [0.15, 0.2) is 5.60 Å². The zero-order valence-electron chi connectivity index (χ0n) is 9.76. The van der Waals surface area contributed by atoms with Crippen LogP contribution in [-0.4, -0.2) is 54.0 Å². The van der Waals surface area contributed by atoms with E-state index in [0.29, 0.717) is 19.1 Å². The SMILES string of the molecule is OC1(C(F)(F)F)CCN(CC2CCCN2)CC1. The molecule has 2 N–H and O–H groups in total. The molecule has 0 aliphatic carbocycles. The second-order valence-electron chi connectivity index (χ2n) is 5.12. The van der Waals surface area contributed by atoms with E-state index in [-0.39, 0.29) is 12.8 Å². The van der Waals surface area contributed by atoms with Gasteiger partial charge in [0, 0.05) is 25.7 Å². The van der Waals surface area contributed by atoms with E-state index in [2.05, 4.69) is 5.32 Å². The summed E-state index contributed by atoms with van der Waals surface area (Å²) < 4.78 is 37.7. The van der Waals surface area contributed by atoms with E-state index < -0.39 is 11.8 Å². The van der Waals surface area contributed by atoms with E-state index in [1.54, 1.807) is 0 Å². The van der Waals surface area contributed by atoms with Crippen LogP contribution < -0.4 is 5.32 Å². The van der Waals surface area contributed by atoms with E-state index in [1.807, 2.05) is 4.90 Å². The molecule has 17 heavy (non-hydrogen) atoms. The molecule has 0 bridgehead atoms. The number of aliphatic hydroxyl groups is 1. The first-order chi connectivity index (χ1) is 7.91. The molecule has 1 unspecified atom stereocenters. The zero-order valence-corrected chi connectivity index (χ0v) is 9.76. The summed E-state index contributed by atoms with van der Waals surface area (Å²) in [4.78, 5) is 2.02. The Morgan fingerprint density at radius 2 is 1.94 bits per heavy atom. The Labute approximate surface area is 99.0 Å². The smallest absolute Gasteiger partial charge is 0.380 e. The average molecular weight is 252 g/mol. The summed E-state index contributed by atoms with van der Waals surface area (Å²) in [6.45, 7) is 2.46. The third-order valence-electron chi connectivity index (χ3n) is 3.85. The quantitative estimate of drug-likeness (QED) is 0.773. The number of piperidine rings is 1. The topological polar surface area (TPSA) is 35.5 Å². The number of hydrogen-bond acceptors (Lipinski definition) is 3. The molecule has 0 saturated carbocycles. The van der Waals surface area contributed by atoms with Crippen LogP contribution in [0.5, 0.6) is 0 Å². The van der Waals surface area contributed by atoms with Gasteiger partial charge in [-0.3, -0.25) is 0 Å². The molecule has 0 aromatic carbocycles. The Balaban J connectivity index is 1.81. The van der Waals surface area contributed by atoms with Crippen molar-refractivity contribution in [2.75, 3.05) is 26.2 Å². The number of nitrogens with one attached hydrogen (secondary N) is 1. The second-order valence-corrected chi connectivity index (χ2v) is 5.12. The van der Waals surface area contributed by atoms with Crippen LogP contribution in [0, 0.1) is 0 Å². The summed E-state index contributed by atoms with van der Waals surface area (Å²) in [5.74, 6) is 0. The third-order valence-corrected chi connectivity index (χ3v) is 3.85. The Kier molecular flexibility index (Phi) is 3.66. The lowest BCUT2D eigenvalue weighted by molar-refractivity contribution is -0.272. The molecule has 2 rings (SSSR count). The van der Waals surface area contributed by atoms with Gasteiger partial charge in [-0.05, 0) is 32.2 Å². The highest BCUT2D eigenvalue weighted by atomic mass is 19.4. The van der Waals surface area contributed by atoms with Crippen molar-refractivity contribution in [3.63, 3.8) is 0 Å². The summed E-state index contributed by atoms with van der Waals surface area (Å²) in [5, 5.41) is 12.8. The molecule has 100 valence electrons. The molecule has 3 nitrogen and oxygen atoms in total. The van der Waals surface area contributed by atoms with Gasteiger partial charge in [0.2, 0.25) is 0 Å². The van der Waals surface area contributed by atoms with Gasteiger partial charge < -0.3 is 15.3 Å². The van der Waals surface area contributed by atoms with Crippen LogP contribution in [0.15, 0.2) is 0 Å². The number of alkyl halides is 3. The first-order valence-electron chi connectivity index (χ1n) is 6.16. The highest BCUT2D eigenvalue weighted by molar-refractivity contribution is 4.93. The number of rotatable bonds is 2. The van der Waals surface area contributed by atoms with Crippen LogP contribution in [0.3, 0.4) is 0 Å². The predicted octanol–water partition coefficient (Wildman–Crippen LogP) is 1.13. The average Bonchev–Trinajstić information content (AvgIpc) is 2.73. The zero-order chi connectivity index (χ0) is 12.5. The maximum Gasteiger partial charge on any atom is 0.417 e. The monoisotopic (exact) mass is 252 g/mol. The molecule has 2 heterocycles. The number of halogens is 3. The summed E-state index contributed by atoms with van der Waals surface area (Å²) in [6.07, 6.45) is -2.66. The van der Waals surface area contributed by atoms with Crippen LogP contribution in [0.1, 0.15) is 25.7 Å². The molecule has 2 aliphatic rings. The highest BCUT2D eigenvalue weighted by Crippen LogP contribution is 2.38. The fraction of sp³-hybridized carbons (Fsp3) is 1.00. The molecule has 0 radical (unpaired) electrons. The minimum Gasteiger partial charge on any atom is -0.380 e. The second kappa shape index (κ2) is 4.74. The highest BCUT2D eigenvalue weighted by Gasteiger charge is 2.54. The van der Waals surface area contributed by atoms with Crippen LogP contribution in [0.25, 0.3) is 0 Å². The van der Waals surface area contributed by atoms with E-state index in [4.69, 9.17) is 0 Å². The van der Waals surface area contributed by atoms with Crippen molar-refractivity contribution in [1.82, 2.24) is 10.2 Å². The Morgan fingerprint density at radius 3 is 2.41 bits per heavy atom. The third kappa shape index (κ3) is 2.92. The molecule has 6 heteroatoms. The van der Waals surface area contributed by atoms with Crippen molar-refractivity contribution in [3.8, 4) is 0 Å². The Bertz CT molecular complexity index is 256. The van der Waals surface area contributed by atoms with Crippen molar-refractivity contribution in [2.45, 2.75) is 43.5 Å². The van der Waals surface area contributed by atoms with Gasteiger partial charge in [0.1, 0.15) is 0 Å². The molecular formula is C11H19F3N2O. The first kappa shape index (κ1) is 13.1. The molecule has 2 saturated heterocycles. The Morgan fingerprint density at radius 1 is 1.29 bits per heavy atom. The van der Waals surface area contributed by atoms with Gasteiger partial charge in [0.05, 0.1) is 0 Å². The lowest BCUT2D eigenvalue weighted by atomic mass is 9.90. The number of nitrogens with zero attached hydrogens (tertiary/aromatic N) is 1. The van der Waals surface area contributed by atoms with E-state index in [0.717, 1.165) is 25.9 Å². The van der Waals surface area contributed by atoms with Crippen molar-refractivity contribution in [1.29, 1.82) is 0 Å². The fourth-order valence-corrected chi connectivity index (χ4v) is 2.61. The molecule has 2 aliphatic heterocycles. The molecule has 0 aromatic heterocycles. The number of likely N-dealkylation sites (tertiary alicyclic amines) is 1. The molecule has 0 spiro atoms. The van der Waals surface area contributed by atoms with E-state index >= 15 is 0 Å². The van der Waals surface area contributed by atoms with Crippen LogP contribution in [0.4, 0.5) is 13.2 Å². The van der Waals surface area contributed by atoms with Crippen molar-refractivity contribution >= 4 is 0 Å². The number of hydrogen-bond donors (Lipinski definition) is 2. The maximum atomic E-state index is 12.6. The maximum absolute atomic E-state index is 12.6. The first-order valence-corrected chi connectivity index (χ1v) is 6.16. The van der Waals surface area contributed by atoms with Crippen molar-refractivity contribution in [3.05, 3.63) is 0 Å². The van der Waals surface area contributed by atoms with Crippen molar-refractivity contribution < 1.29 is 18.3 Å². The van der Waals surface area contributed by atoms with Crippen LogP contribution in [0.2, 0.25) is 0 Å². The van der Waals surface area contributed by atoms with Crippen molar-refractivity contribution in [2.24, 2.45) is 0 Å². The fourth-order valence-electron chi connectivity index (χ4n) is 2.61.